The first kappa shape index (κ1) is 11.8. The molecule has 2 amide bonds. The summed E-state index contributed by atoms with van der Waals surface area (Å²) in [5, 5.41) is 13.1. The van der Waals surface area contributed by atoms with Crippen LogP contribution in [0.4, 0.5) is 10.5 Å². The van der Waals surface area contributed by atoms with Crippen LogP contribution in [0, 0.1) is 6.92 Å². The number of carboxylic acid groups (broad SMARTS) is 1. The number of carbonyl (C=O) groups is 2. The Hall–Kier alpha value is -2.30. The first-order valence-electron chi connectivity index (χ1n) is 4.56. The third-order valence-electron chi connectivity index (χ3n) is 1.92. The monoisotopic (exact) mass is 220 g/mol. The van der Waals surface area contributed by atoms with Crippen LogP contribution in [-0.2, 0) is 4.79 Å². The molecule has 0 fully saturated rings. The van der Waals surface area contributed by atoms with Gasteiger partial charge < -0.3 is 15.7 Å². The lowest BCUT2D eigenvalue weighted by atomic mass is 10.2. The van der Waals surface area contributed by atoms with E-state index < -0.39 is 12.0 Å². The van der Waals surface area contributed by atoms with Crippen LogP contribution < -0.4 is 10.6 Å². The van der Waals surface area contributed by atoms with Crippen molar-refractivity contribution < 1.29 is 14.7 Å². The van der Waals surface area contributed by atoms with E-state index >= 15 is 0 Å². The predicted molar refractivity (Wildman–Crippen MR) is 60.1 cm³/mol. The molecule has 5 nitrogen and oxygen atoms in total. The first-order chi connectivity index (χ1) is 7.50. The van der Waals surface area contributed by atoms with Crippen molar-refractivity contribution in [1.29, 1.82) is 0 Å². The van der Waals surface area contributed by atoms with Crippen molar-refractivity contribution in [3.63, 3.8) is 0 Å². The highest BCUT2D eigenvalue weighted by molar-refractivity contribution is 5.97. The summed E-state index contributed by atoms with van der Waals surface area (Å²) in [5.41, 5.74) is 1.14. The molecule has 0 bridgehead atoms. The van der Waals surface area contributed by atoms with Crippen molar-refractivity contribution in [3.05, 3.63) is 42.1 Å². The number of carbonyl (C=O) groups excluding carboxylic acids is 1. The van der Waals surface area contributed by atoms with Crippen molar-refractivity contribution in [2.24, 2.45) is 0 Å². The van der Waals surface area contributed by atoms with E-state index in [9.17, 15) is 9.59 Å². The van der Waals surface area contributed by atoms with E-state index in [2.05, 4.69) is 17.2 Å². The molecule has 0 aliphatic heterocycles. The molecule has 0 radical (unpaired) electrons. The molecule has 84 valence electrons. The number of amides is 2. The van der Waals surface area contributed by atoms with Gasteiger partial charge in [0.05, 0.1) is 0 Å². The minimum Gasteiger partial charge on any atom is -0.477 e. The fourth-order valence-corrected chi connectivity index (χ4v) is 1.06. The maximum Gasteiger partial charge on any atom is 0.351 e. The zero-order valence-corrected chi connectivity index (χ0v) is 8.78. The highest BCUT2D eigenvalue weighted by Crippen LogP contribution is 2.12. The number of aliphatic carboxylic acids is 1. The lowest BCUT2D eigenvalue weighted by molar-refractivity contribution is -0.132. The molecule has 0 aliphatic rings. The normalized spacial score (nSPS) is 9.31. The van der Waals surface area contributed by atoms with Crippen LogP contribution in [-0.4, -0.2) is 17.1 Å². The second kappa shape index (κ2) is 4.97. The summed E-state index contributed by atoms with van der Waals surface area (Å²) in [6, 6.07) is 6.55. The number of anilines is 1. The molecule has 0 aromatic heterocycles. The molecule has 3 N–H and O–H groups in total. The number of carboxylic acids is 1. The molecule has 0 aliphatic carbocycles. The number of aryl methyl sites for hydroxylation is 1. The fraction of sp³-hybridized carbons (Fsp3) is 0.0909. The summed E-state index contributed by atoms with van der Waals surface area (Å²) in [5.74, 6) is -1.26. The number of urea groups is 1. The van der Waals surface area contributed by atoms with Gasteiger partial charge in [0.1, 0.15) is 5.70 Å². The van der Waals surface area contributed by atoms with Crippen molar-refractivity contribution in [2.75, 3.05) is 5.32 Å². The Morgan fingerprint density at radius 3 is 2.50 bits per heavy atom. The molecule has 1 rings (SSSR count). The lowest BCUT2D eigenvalue weighted by Crippen LogP contribution is -2.31. The molecule has 1 aromatic carbocycles. The number of nitrogens with one attached hydrogen (secondary N) is 2. The average Bonchev–Trinajstić information content (AvgIpc) is 2.21. The Morgan fingerprint density at radius 2 is 1.94 bits per heavy atom. The molecule has 0 saturated carbocycles. The second-order valence-electron chi connectivity index (χ2n) is 3.18. The standard InChI is InChI=1S/C11H12N2O3/c1-7-5-3-4-6-9(7)13-11(16)12-8(2)10(14)15/h3-6H,2H2,1H3,(H,14,15)(H2,12,13,16). The van der Waals surface area contributed by atoms with Crippen LogP contribution in [0.15, 0.2) is 36.5 Å². The van der Waals surface area contributed by atoms with Crippen molar-refractivity contribution in [2.45, 2.75) is 6.92 Å². The molecule has 1 aromatic rings. The van der Waals surface area contributed by atoms with Gasteiger partial charge in [-0.05, 0) is 18.6 Å². The summed E-state index contributed by atoms with van der Waals surface area (Å²) < 4.78 is 0. The Bertz CT molecular complexity index is 441. The number of hydrogen-bond donors (Lipinski definition) is 3. The zero-order chi connectivity index (χ0) is 12.1. The molecule has 0 spiro atoms. The molecular formula is C11H12N2O3. The number of rotatable bonds is 3. The van der Waals surface area contributed by atoms with Gasteiger partial charge in [-0.3, -0.25) is 0 Å². The fourth-order valence-electron chi connectivity index (χ4n) is 1.06. The van der Waals surface area contributed by atoms with E-state index in [4.69, 9.17) is 5.11 Å². The molecule has 0 atom stereocenters. The first-order valence-corrected chi connectivity index (χ1v) is 4.56. The van der Waals surface area contributed by atoms with Gasteiger partial charge in [-0.2, -0.15) is 0 Å². The second-order valence-corrected chi connectivity index (χ2v) is 3.18. The Balaban J connectivity index is 2.62. The summed E-state index contributed by atoms with van der Waals surface area (Å²) in [6.45, 7) is 5.02. The Labute approximate surface area is 92.8 Å². The highest BCUT2D eigenvalue weighted by atomic mass is 16.4. The topological polar surface area (TPSA) is 78.4 Å². The molecule has 0 heterocycles. The van der Waals surface area contributed by atoms with Crippen molar-refractivity contribution >= 4 is 17.7 Å². The van der Waals surface area contributed by atoms with Crippen LogP contribution >= 0.6 is 0 Å². The van der Waals surface area contributed by atoms with Gasteiger partial charge in [0, 0.05) is 5.69 Å². The minimum absolute atomic E-state index is 0.369. The highest BCUT2D eigenvalue weighted by Gasteiger charge is 2.09. The van der Waals surface area contributed by atoms with E-state index in [-0.39, 0.29) is 5.70 Å². The SMILES string of the molecule is C=C(NC(=O)Nc1ccccc1C)C(=O)O. The van der Waals surface area contributed by atoms with Gasteiger partial charge >= 0.3 is 12.0 Å². The Kier molecular flexibility index (Phi) is 3.66. The zero-order valence-electron chi connectivity index (χ0n) is 8.78. The molecule has 16 heavy (non-hydrogen) atoms. The van der Waals surface area contributed by atoms with E-state index in [0.29, 0.717) is 5.69 Å². The molecule has 0 saturated heterocycles. The van der Waals surface area contributed by atoms with E-state index in [0.717, 1.165) is 5.56 Å². The van der Waals surface area contributed by atoms with Crippen molar-refractivity contribution in [1.82, 2.24) is 5.32 Å². The lowest BCUT2D eigenvalue weighted by Gasteiger charge is -2.08. The number of benzene rings is 1. The molecule has 0 unspecified atom stereocenters. The van der Waals surface area contributed by atoms with Gasteiger partial charge in [0.2, 0.25) is 0 Å². The van der Waals surface area contributed by atoms with Crippen LogP contribution in [0.2, 0.25) is 0 Å². The average molecular weight is 220 g/mol. The Morgan fingerprint density at radius 1 is 1.31 bits per heavy atom. The van der Waals surface area contributed by atoms with E-state index in [1.807, 2.05) is 19.1 Å². The smallest absolute Gasteiger partial charge is 0.351 e. The minimum atomic E-state index is -1.26. The predicted octanol–water partition coefficient (Wildman–Crippen LogP) is 1.71. The number of para-hydroxylation sites is 1. The number of hydrogen-bond acceptors (Lipinski definition) is 2. The van der Waals surface area contributed by atoms with Gasteiger partial charge in [-0.1, -0.05) is 24.8 Å². The molecule has 5 heteroatoms. The molecular weight excluding hydrogens is 208 g/mol. The summed E-state index contributed by atoms with van der Waals surface area (Å²) in [7, 11) is 0. The largest absolute Gasteiger partial charge is 0.477 e. The van der Waals surface area contributed by atoms with Gasteiger partial charge in [0.15, 0.2) is 0 Å². The van der Waals surface area contributed by atoms with Crippen LogP contribution in [0.3, 0.4) is 0 Å². The maximum absolute atomic E-state index is 11.3. The van der Waals surface area contributed by atoms with Gasteiger partial charge in [0.25, 0.3) is 0 Å². The summed E-state index contributed by atoms with van der Waals surface area (Å²) >= 11 is 0. The summed E-state index contributed by atoms with van der Waals surface area (Å²) in [4.78, 5) is 21.7. The van der Waals surface area contributed by atoms with Crippen LogP contribution in [0.5, 0.6) is 0 Å². The quantitative estimate of drug-likeness (QED) is 0.678. The third-order valence-corrected chi connectivity index (χ3v) is 1.92. The van der Waals surface area contributed by atoms with Crippen molar-refractivity contribution in [3.8, 4) is 0 Å². The maximum atomic E-state index is 11.3. The van der Waals surface area contributed by atoms with Gasteiger partial charge in [-0.15, -0.1) is 0 Å². The summed E-state index contributed by atoms with van der Waals surface area (Å²) in [6.07, 6.45) is 0. The van der Waals surface area contributed by atoms with E-state index in [1.54, 1.807) is 12.1 Å². The van der Waals surface area contributed by atoms with Crippen LogP contribution in [0.25, 0.3) is 0 Å². The van der Waals surface area contributed by atoms with Gasteiger partial charge in [-0.25, -0.2) is 9.59 Å². The van der Waals surface area contributed by atoms with E-state index in [1.165, 1.54) is 0 Å². The van der Waals surface area contributed by atoms with Crippen LogP contribution in [0.1, 0.15) is 5.56 Å². The third kappa shape index (κ3) is 3.13.